The minimum atomic E-state index is -1.03. The summed E-state index contributed by atoms with van der Waals surface area (Å²) in [6.45, 7) is 1.12. The molecule has 7 nitrogen and oxygen atoms in total. The topological polar surface area (TPSA) is 87.5 Å². The number of hydrogen-bond acceptors (Lipinski definition) is 4. The first-order valence-corrected chi connectivity index (χ1v) is 5.67. The van der Waals surface area contributed by atoms with Gasteiger partial charge in [0.05, 0.1) is 0 Å². The second-order valence-corrected chi connectivity index (χ2v) is 4.18. The monoisotopic (exact) mass is 254 g/mol. The summed E-state index contributed by atoms with van der Waals surface area (Å²) in [5.41, 5.74) is 0.266. The van der Waals surface area contributed by atoms with Gasteiger partial charge in [-0.15, -0.1) is 0 Å². The smallest absolute Gasteiger partial charge is 0.325 e. The molecule has 0 fully saturated rings. The minimum absolute atomic E-state index is 0.266. The van der Waals surface area contributed by atoms with Gasteiger partial charge < -0.3 is 15.3 Å². The number of nitrogens with one attached hydrogen (secondary N) is 1. The summed E-state index contributed by atoms with van der Waals surface area (Å²) >= 11 is 0. The van der Waals surface area contributed by atoms with Gasteiger partial charge in [0.1, 0.15) is 12.2 Å². The molecule has 2 N–H and O–H groups in total. The second kappa shape index (κ2) is 6.75. The number of aliphatic carboxylic acids is 1. The minimum Gasteiger partial charge on any atom is -0.480 e. The van der Waals surface area contributed by atoms with Crippen molar-refractivity contribution >= 4 is 11.9 Å². The molecule has 1 aromatic rings. The van der Waals surface area contributed by atoms with Crippen molar-refractivity contribution in [2.45, 2.75) is 13.0 Å². The lowest BCUT2D eigenvalue weighted by Crippen LogP contribution is -2.29. The van der Waals surface area contributed by atoms with E-state index in [0.29, 0.717) is 6.54 Å². The van der Waals surface area contributed by atoms with Crippen LogP contribution in [0.5, 0.6) is 0 Å². The Morgan fingerprint density at radius 3 is 2.83 bits per heavy atom. The molecule has 0 atom stereocenters. The molecule has 1 rings (SSSR count). The summed E-state index contributed by atoms with van der Waals surface area (Å²) in [6.07, 6.45) is 2.25. The van der Waals surface area contributed by atoms with Crippen LogP contribution in [0.4, 0.5) is 0 Å². The maximum atomic E-state index is 11.8. The van der Waals surface area contributed by atoms with Gasteiger partial charge in [-0.3, -0.25) is 9.59 Å². The van der Waals surface area contributed by atoms with Crippen molar-refractivity contribution in [1.82, 2.24) is 20.0 Å². The van der Waals surface area contributed by atoms with E-state index in [-0.39, 0.29) is 18.1 Å². The Morgan fingerprint density at radius 1 is 1.50 bits per heavy atom. The molecule has 0 bridgehead atoms. The first-order valence-electron chi connectivity index (χ1n) is 5.67. The molecule has 0 aliphatic rings. The van der Waals surface area contributed by atoms with E-state index in [9.17, 15) is 9.59 Å². The van der Waals surface area contributed by atoms with E-state index < -0.39 is 5.97 Å². The molecular formula is C11H18N4O3. The van der Waals surface area contributed by atoms with Crippen LogP contribution in [0.3, 0.4) is 0 Å². The van der Waals surface area contributed by atoms with E-state index in [4.69, 9.17) is 5.11 Å². The number of carboxylic acid groups (broad SMARTS) is 1. The van der Waals surface area contributed by atoms with E-state index in [1.807, 2.05) is 19.0 Å². The summed E-state index contributed by atoms with van der Waals surface area (Å²) in [5.74, 6) is -1.33. The summed E-state index contributed by atoms with van der Waals surface area (Å²) in [5, 5.41) is 15.2. The normalized spacial score (nSPS) is 10.6. The number of amides is 1. The van der Waals surface area contributed by atoms with Crippen LogP contribution in [-0.2, 0) is 11.3 Å². The predicted molar refractivity (Wildman–Crippen MR) is 65.4 cm³/mol. The van der Waals surface area contributed by atoms with Gasteiger partial charge in [0, 0.05) is 12.7 Å². The summed E-state index contributed by atoms with van der Waals surface area (Å²) < 4.78 is 1.17. The van der Waals surface area contributed by atoms with E-state index in [2.05, 4.69) is 10.4 Å². The highest BCUT2D eigenvalue weighted by molar-refractivity contribution is 5.92. The molecule has 0 aliphatic heterocycles. The number of carbonyl (C=O) groups excluding carboxylic acids is 1. The van der Waals surface area contributed by atoms with Gasteiger partial charge >= 0.3 is 5.97 Å². The largest absolute Gasteiger partial charge is 0.480 e. The molecule has 0 aliphatic carbocycles. The molecule has 1 heterocycles. The van der Waals surface area contributed by atoms with Gasteiger partial charge in [-0.2, -0.15) is 5.10 Å². The Hall–Kier alpha value is -1.89. The standard InChI is InChI=1S/C11H18N4O3/c1-14(2)7-3-5-12-11(18)9-4-6-13-15(9)8-10(16)17/h4,6H,3,5,7-8H2,1-2H3,(H,12,18)(H,16,17). The third-order valence-corrected chi connectivity index (χ3v) is 2.30. The number of carbonyl (C=O) groups is 2. The van der Waals surface area contributed by atoms with Crippen molar-refractivity contribution in [2.24, 2.45) is 0 Å². The highest BCUT2D eigenvalue weighted by atomic mass is 16.4. The maximum absolute atomic E-state index is 11.8. The van der Waals surface area contributed by atoms with Crippen molar-refractivity contribution in [3.8, 4) is 0 Å². The van der Waals surface area contributed by atoms with Crippen LogP contribution < -0.4 is 5.32 Å². The van der Waals surface area contributed by atoms with Crippen LogP contribution in [0.15, 0.2) is 12.3 Å². The first kappa shape index (κ1) is 14.2. The van der Waals surface area contributed by atoms with Crippen molar-refractivity contribution in [3.63, 3.8) is 0 Å². The highest BCUT2D eigenvalue weighted by Gasteiger charge is 2.13. The van der Waals surface area contributed by atoms with Gasteiger partial charge in [-0.1, -0.05) is 0 Å². The summed E-state index contributed by atoms with van der Waals surface area (Å²) in [7, 11) is 3.92. The lowest BCUT2D eigenvalue weighted by Gasteiger charge is -2.10. The Labute approximate surface area is 105 Å². The fraction of sp³-hybridized carbons (Fsp3) is 0.545. The molecule has 1 aromatic heterocycles. The summed E-state index contributed by atoms with van der Waals surface area (Å²) in [4.78, 5) is 24.4. The van der Waals surface area contributed by atoms with Crippen molar-refractivity contribution < 1.29 is 14.7 Å². The Balaban J connectivity index is 2.46. The number of rotatable bonds is 7. The lowest BCUT2D eigenvalue weighted by atomic mass is 10.3. The molecule has 0 radical (unpaired) electrons. The fourth-order valence-corrected chi connectivity index (χ4v) is 1.47. The van der Waals surface area contributed by atoms with Crippen LogP contribution in [0.1, 0.15) is 16.9 Å². The number of carboxylic acids is 1. The molecule has 0 saturated carbocycles. The van der Waals surface area contributed by atoms with Gasteiger partial charge in [-0.25, -0.2) is 4.68 Å². The van der Waals surface area contributed by atoms with Gasteiger partial charge in [-0.05, 0) is 33.1 Å². The fourth-order valence-electron chi connectivity index (χ4n) is 1.47. The van der Waals surface area contributed by atoms with Crippen molar-refractivity contribution in [1.29, 1.82) is 0 Å². The van der Waals surface area contributed by atoms with E-state index in [1.165, 1.54) is 16.9 Å². The average Bonchev–Trinajstić information content (AvgIpc) is 2.71. The van der Waals surface area contributed by atoms with Gasteiger partial charge in [0.15, 0.2) is 0 Å². The van der Waals surface area contributed by atoms with Crippen LogP contribution in [0, 0.1) is 0 Å². The molecule has 0 unspecified atom stereocenters. The highest BCUT2D eigenvalue weighted by Crippen LogP contribution is 1.99. The predicted octanol–water partition coefficient (Wildman–Crippen LogP) is -0.351. The maximum Gasteiger partial charge on any atom is 0.325 e. The third-order valence-electron chi connectivity index (χ3n) is 2.30. The lowest BCUT2D eigenvalue weighted by molar-refractivity contribution is -0.137. The van der Waals surface area contributed by atoms with Gasteiger partial charge in [0.2, 0.25) is 0 Å². The molecule has 1 amide bonds. The Kier molecular flexibility index (Phi) is 5.31. The molecule has 100 valence electrons. The van der Waals surface area contributed by atoms with Crippen molar-refractivity contribution in [2.75, 3.05) is 27.2 Å². The molecule has 0 spiro atoms. The van der Waals surface area contributed by atoms with Crippen molar-refractivity contribution in [3.05, 3.63) is 18.0 Å². The van der Waals surface area contributed by atoms with E-state index in [1.54, 1.807) is 0 Å². The van der Waals surface area contributed by atoms with Crippen LogP contribution in [-0.4, -0.2) is 58.8 Å². The second-order valence-electron chi connectivity index (χ2n) is 4.18. The molecular weight excluding hydrogens is 236 g/mol. The zero-order chi connectivity index (χ0) is 13.5. The summed E-state index contributed by atoms with van der Waals surface area (Å²) in [6, 6.07) is 1.50. The van der Waals surface area contributed by atoms with Gasteiger partial charge in [0.25, 0.3) is 5.91 Å². The Bertz CT molecular complexity index is 414. The quantitative estimate of drug-likeness (QED) is 0.649. The first-order chi connectivity index (χ1) is 8.50. The third kappa shape index (κ3) is 4.54. The molecule has 0 aromatic carbocycles. The number of hydrogen-bond donors (Lipinski definition) is 2. The average molecular weight is 254 g/mol. The van der Waals surface area contributed by atoms with Crippen LogP contribution in [0.25, 0.3) is 0 Å². The van der Waals surface area contributed by atoms with E-state index >= 15 is 0 Å². The Morgan fingerprint density at radius 2 is 2.22 bits per heavy atom. The molecule has 18 heavy (non-hydrogen) atoms. The zero-order valence-electron chi connectivity index (χ0n) is 10.6. The van der Waals surface area contributed by atoms with Crippen LogP contribution >= 0.6 is 0 Å². The SMILES string of the molecule is CN(C)CCCNC(=O)c1ccnn1CC(=O)O. The van der Waals surface area contributed by atoms with E-state index in [0.717, 1.165) is 13.0 Å². The number of aromatic nitrogens is 2. The zero-order valence-corrected chi connectivity index (χ0v) is 10.6. The molecule has 7 heteroatoms. The van der Waals surface area contributed by atoms with Crippen LogP contribution in [0.2, 0.25) is 0 Å². The number of nitrogens with zero attached hydrogens (tertiary/aromatic N) is 3. The molecule has 0 saturated heterocycles.